The number of benzene rings is 1. The molecule has 1 aromatic heterocycles. The van der Waals surface area contributed by atoms with Crippen LogP contribution < -0.4 is 20.1 Å². The number of aromatic nitrogens is 2. The second-order valence-electron chi connectivity index (χ2n) is 5.79. The van der Waals surface area contributed by atoms with Crippen LogP contribution in [0.5, 0.6) is 11.5 Å². The van der Waals surface area contributed by atoms with Gasteiger partial charge in [-0.15, -0.1) is 0 Å². The summed E-state index contributed by atoms with van der Waals surface area (Å²) in [6.45, 7) is 3.64. The van der Waals surface area contributed by atoms with E-state index in [4.69, 9.17) is 9.47 Å². The molecule has 25 heavy (non-hydrogen) atoms. The normalized spacial score (nSPS) is 12.0. The van der Waals surface area contributed by atoms with E-state index in [-0.39, 0.29) is 12.7 Å². The van der Waals surface area contributed by atoms with Crippen molar-refractivity contribution in [2.24, 2.45) is 0 Å². The van der Waals surface area contributed by atoms with Crippen LogP contribution in [0.25, 0.3) is 0 Å². The van der Waals surface area contributed by atoms with E-state index in [9.17, 15) is 4.79 Å². The molecule has 0 spiro atoms. The number of unbranched alkanes of at least 4 members (excludes halogenated alkanes) is 2. The fourth-order valence-electron chi connectivity index (χ4n) is 2.45. The Morgan fingerprint density at radius 3 is 2.84 bits per heavy atom. The molecule has 0 unspecified atom stereocenters. The molecule has 0 saturated carbocycles. The molecule has 2 N–H and O–H groups in total. The lowest BCUT2D eigenvalue weighted by Gasteiger charge is -2.07. The molecule has 0 atom stereocenters. The van der Waals surface area contributed by atoms with Gasteiger partial charge in [-0.1, -0.05) is 25.8 Å². The average molecular weight is 342 g/mol. The Balaban J connectivity index is 1.49. The number of carbonyl (C=O) groups is 1. The molecule has 3 rings (SSSR count). The Morgan fingerprint density at radius 2 is 2.04 bits per heavy atom. The maximum atomic E-state index is 12.2. The summed E-state index contributed by atoms with van der Waals surface area (Å²) in [6.07, 6.45) is 6.52. The number of carbonyl (C=O) groups excluding carboxylic acids is 1. The second-order valence-corrected chi connectivity index (χ2v) is 5.79. The summed E-state index contributed by atoms with van der Waals surface area (Å²) in [5, 5.41) is 6.02. The highest BCUT2D eigenvalue weighted by molar-refractivity contribution is 5.91. The van der Waals surface area contributed by atoms with Gasteiger partial charge in [0.15, 0.2) is 11.5 Å². The standard InChI is InChI=1S/C18H22N4O3/c1-2-3-4-7-19-17-11-20-14(10-21-17)18(23)22-9-13-5-6-15-16(8-13)25-12-24-15/h5-6,8,10-11H,2-4,7,9,12H2,1H3,(H,19,21)(H,22,23). The van der Waals surface area contributed by atoms with Crippen molar-refractivity contribution in [3.63, 3.8) is 0 Å². The molecule has 132 valence electrons. The highest BCUT2D eigenvalue weighted by Crippen LogP contribution is 2.32. The predicted molar refractivity (Wildman–Crippen MR) is 93.8 cm³/mol. The van der Waals surface area contributed by atoms with Crippen LogP contribution in [0.15, 0.2) is 30.6 Å². The first-order chi connectivity index (χ1) is 12.3. The van der Waals surface area contributed by atoms with Crippen molar-refractivity contribution in [3.8, 4) is 11.5 Å². The Morgan fingerprint density at radius 1 is 1.16 bits per heavy atom. The van der Waals surface area contributed by atoms with Gasteiger partial charge in [0, 0.05) is 13.1 Å². The molecule has 0 saturated heterocycles. The van der Waals surface area contributed by atoms with Crippen LogP contribution in [0.1, 0.15) is 42.2 Å². The van der Waals surface area contributed by atoms with Gasteiger partial charge in [-0.05, 0) is 24.1 Å². The maximum absolute atomic E-state index is 12.2. The molecule has 0 aliphatic carbocycles. The van der Waals surface area contributed by atoms with E-state index in [0.717, 1.165) is 24.3 Å². The molecule has 2 heterocycles. The molecule has 0 radical (unpaired) electrons. The molecular weight excluding hydrogens is 320 g/mol. The first-order valence-corrected chi connectivity index (χ1v) is 8.49. The largest absolute Gasteiger partial charge is 0.454 e. The van der Waals surface area contributed by atoms with Gasteiger partial charge in [-0.25, -0.2) is 9.97 Å². The molecule has 1 aliphatic rings. The van der Waals surface area contributed by atoms with Crippen LogP contribution in [-0.2, 0) is 6.54 Å². The second kappa shape index (κ2) is 8.32. The van der Waals surface area contributed by atoms with Gasteiger partial charge in [0.25, 0.3) is 5.91 Å². The summed E-state index contributed by atoms with van der Waals surface area (Å²) in [6, 6.07) is 5.59. The number of hydrogen-bond donors (Lipinski definition) is 2. The van der Waals surface area contributed by atoms with Crippen LogP contribution in [0, 0.1) is 0 Å². The van der Waals surface area contributed by atoms with Crippen molar-refractivity contribution in [3.05, 3.63) is 41.9 Å². The van der Waals surface area contributed by atoms with Crippen LogP contribution in [0.2, 0.25) is 0 Å². The third-order valence-electron chi connectivity index (χ3n) is 3.86. The van der Waals surface area contributed by atoms with Crippen molar-refractivity contribution in [1.82, 2.24) is 15.3 Å². The number of nitrogens with one attached hydrogen (secondary N) is 2. The molecule has 1 aliphatic heterocycles. The van der Waals surface area contributed by atoms with Gasteiger partial charge in [0.2, 0.25) is 6.79 Å². The zero-order valence-corrected chi connectivity index (χ0v) is 14.2. The van der Waals surface area contributed by atoms with Crippen molar-refractivity contribution in [2.45, 2.75) is 32.7 Å². The minimum atomic E-state index is -0.261. The third kappa shape index (κ3) is 4.59. The highest BCUT2D eigenvalue weighted by Gasteiger charge is 2.14. The van der Waals surface area contributed by atoms with Crippen LogP contribution in [0.3, 0.4) is 0 Å². The third-order valence-corrected chi connectivity index (χ3v) is 3.86. The minimum Gasteiger partial charge on any atom is -0.454 e. The van der Waals surface area contributed by atoms with Gasteiger partial charge in [-0.2, -0.15) is 0 Å². The fraction of sp³-hybridized carbons (Fsp3) is 0.389. The lowest BCUT2D eigenvalue weighted by atomic mass is 10.2. The van der Waals surface area contributed by atoms with Crippen molar-refractivity contribution in [2.75, 3.05) is 18.7 Å². The molecule has 7 nitrogen and oxygen atoms in total. The monoisotopic (exact) mass is 342 g/mol. The predicted octanol–water partition coefficient (Wildman–Crippen LogP) is 2.74. The summed E-state index contributed by atoms with van der Waals surface area (Å²) in [5.74, 6) is 1.85. The molecule has 0 fully saturated rings. The zero-order valence-electron chi connectivity index (χ0n) is 14.2. The van der Waals surface area contributed by atoms with E-state index in [1.54, 1.807) is 6.20 Å². The maximum Gasteiger partial charge on any atom is 0.271 e. The van der Waals surface area contributed by atoms with Gasteiger partial charge in [-0.3, -0.25) is 4.79 Å². The fourth-order valence-corrected chi connectivity index (χ4v) is 2.45. The SMILES string of the molecule is CCCCCNc1cnc(C(=O)NCc2ccc3c(c2)OCO3)cn1. The quantitative estimate of drug-likeness (QED) is 0.718. The zero-order chi connectivity index (χ0) is 17.5. The van der Waals surface area contributed by atoms with Crippen molar-refractivity contribution in [1.29, 1.82) is 0 Å². The van der Waals surface area contributed by atoms with Crippen molar-refractivity contribution < 1.29 is 14.3 Å². The molecule has 1 aromatic carbocycles. The number of fused-ring (bicyclic) bond motifs is 1. The topological polar surface area (TPSA) is 85.4 Å². The Bertz CT molecular complexity index is 719. The number of rotatable bonds is 8. The number of hydrogen-bond acceptors (Lipinski definition) is 6. The van der Waals surface area contributed by atoms with Crippen molar-refractivity contribution >= 4 is 11.7 Å². The number of amides is 1. The van der Waals surface area contributed by atoms with E-state index in [0.29, 0.717) is 23.8 Å². The van der Waals surface area contributed by atoms with E-state index in [2.05, 4.69) is 27.5 Å². The van der Waals surface area contributed by atoms with E-state index in [1.165, 1.54) is 19.0 Å². The molecule has 1 amide bonds. The Labute approximate surface area is 146 Å². The van der Waals surface area contributed by atoms with E-state index < -0.39 is 0 Å². The Hall–Kier alpha value is -2.83. The number of ether oxygens (including phenoxy) is 2. The van der Waals surface area contributed by atoms with Gasteiger partial charge in [0.1, 0.15) is 11.5 Å². The number of anilines is 1. The molecule has 7 heteroatoms. The first-order valence-electron chi connectivity index (χ1n) is 8.49. The summed E-state index contributed by atoms with van der Waals surface area (Å²) < 4.78 is 10.6. The number of nitrogens with zero attached hydrogens (tertiary/aromatic N) is 2. The average Bonchev–Trinajstić information content (AvgIpc) is 3.11. The minimum absolute atomic E-state index is 0.236. The molecule has 2 aromatic rings. The Kier molecular flexibility index (Phi) is 5.66. The highest BCUT2D eigenvalue weighted by atomic mass is 16.7. The summed E-state index contributed by atoms with van der Waals surface area (Å²) in [5.41, 5.74) is 1.22. The lowest BCUT2D eigenvalue weighted by Crippen LogP contribution is -2.24. The van der Waals surface area contributed by atoms with Crippen LogP contribution in [-0.4, -0.2) is 29.2 Å². The summed E-state index contributed by atoms with van der Waals surface area (Å²) in [7, 11) is 0. The summed E-state index contributed by atoms with van der Waals surface area (Å²) in [4.78, 5) is 20.6. The molecular formula is C18H22N4O3. The summed E-state index contributed by atoms with van der Waals surface area (Å²) >= 11 is 0. The van der Waals surface area contributed by atoms with Gasteiger partial charge in [0.05, 0.1) is 12.4 Å². The first kappa shape index (κ1) is 17.0. The van der Waals surface area contributed by atoms with Gasteiger partial charge < -0.3 is 20.1 Å². The lowest BCUT2D eigenvalue weighted by molar-refractivity contribution is 0.0945. The smallest absolute Gasteiger partial charge is 0.271 e. The molecule has 0 bridgehead atoms. The van der Waals surface area contributed by atoms with Crippen LogP contribution in [0.4, 0.5) is 5.82 Å². The van der Waals surface area contributed by atoms with E-state index >= 15 is 0 Å². The van der Waals surface area contributed by atoms with Crippen LogP contribution >= 0.6 is 0 Å². The van der Waals surface area contributed by atoms with Gasteiger partial charge >= 0.3 is 0 Å². The van der Waals surface area contributed by atoms with E-state index in [1.807, 2.05) is 18.2 Å².